The van der Waals surface area contributed by atoms with Crippen LogP contribution in [0.2, 0.25) is 0 Å². The first-order valence-corrected chi connectivity index (χ1v) is 4.77. The average molecular weight is 182 g/mol. The molecule has 1 rings (SSSR count). The van der Waals surface area contributed by atoms with E-state index in [2.05, 4.69) is 29.4 Å². The molecule has 0 aromatic carbocycles. The summed E-state index contributed by atoms with van der Waals surface area (Å²) in [6.07, 6.45) is 0.116. The minimum Gasteiger partial charge on any atom is -0.346 e. The van der Waals surface area contributed by atoms with Gasteiger partial charge in [0.1, 0.15) is 12.3 Å². The first-order valence-electron chi connectivity index (χ1n) is 4.77. The van der Waals surface area contributed by atoms with Crippen LogP contribution in [0.3, 0.4) is 0 Å². The Hall–Kier alpha value is -0.560. The lowest BCUT2D eigenvalue weighted by Gasteiger charge is -2.29. The quantitative estimate of drug-likeness (QED) is 0.603. The highest BCUT2D eigenvalue weighted by molar-refractivity contribution is 5.01. The highest BCUT2D eigenvalue weighted by Crippen LogP contribution is 1.98. The van der Waals surface area contributed by atoms with Crippen LogP contribution < -0.4 is 10.6 Å². The molecule has 1 unspecified atom stereocenters. The van der Waals surface area contributed by atoms with Gasteiger partial charge in [-0.2, -0.15) is 0 Å². The minimum absolute atomic E-state index is 0.0118. The fourth-order valence-electron chi connectivity index (χ4n) is 1.34. The predicted molar refractivity (Wildman–Crippen MR) is 53.3 cm³/mol. The molecule has 1 heterocycles. The van der Waals surface area contributed by atoms with E-state index in [9.17, 15) is 0 Å². The Morgan fingerprint density at radius 2 is 2.15 bits per heavy atom. The minimum atomic E-state index is 0.0118. The molecule has 0 saturated carbocycles. The van der Waals surface area contributed by atoms with Crippen LogP contribution >= 0.6 is 0 Å². The largest absolute Gasteiger partial charge is 0.346 e. The topological polar surface area (TPSA) is 33.3 Å². The van der Waals surface area contributed by atoms with Gasteiger partial charge in [0.05, 0.1) is 0 Å². The normalized spacial score (nSPS) is 30.4. The molecule has 0 bridgehead atoms. The summed E-state index contributed by atoms with van der Waals surface area (Å²) >= 11 is 0. The van der Waals surface area contributed by atoms with Gasteiger partial charge in [-0.05, 0) is 20.8 Å². The van der Waals surface area contributed by atoms with Gasteiger partial charge in [0, 0.05) is 19.1 Å². The summed E-state index contributed by atoms with van der Waals surface area (Å²) in [5.74, 6) is 5.81. The van der Waals surface area contributed by atoms with Gasteiger partial charge in [-0.3, -0.25) is 5.32 Å². The van der Waals surface area contributed by atoms with E-state index < -0.39 is 0 Å². The average Bonchev–Trinajstić information content (AvgIpc) is 2.09. The van der Waals surface area contributed by atoms with E-state index in [1.807, 2.05) is 13.8 Å². The summed E-state index contributed by atoms with van der Waals surface area (Å²) < 4.78 is 5.63. The Morgan fingerprint density at radius 1 is 1.38 bits per heavy atom. The van der Waals surface area contributed by atoms with Crippen LogP contribution in [0.4, 0.5) is 0 Å². The molecule has 1 fully saturated rings. The highest BCUT2D eigenvalue weighted by atomic mass is 16.5. The second kappa shape index (κ2) is 5.23. The maximum atomic E-state index is 5.63. The van der Waals surface area contributed by atoms with Crippen LogP contribution in [-0.2, 0) is 4.74 Å². The van der Waals surface area contributed by atoms with Crippen LogP contribution in [-0.4, -0.2) is 31.5 Å². The lowest BCUT2D eigenvalue weighted by atomic mass is 10.2. The van der Waals surface area contributed by atoms with E-state index in [1.165, 1.54) is 0 Å². The molecular weight excluding hydrogens is 164 g/mol. The first-order chi connectivity index (χ1) is 6.22. The Labute approximate surface area is 80.2 Å². The van der Waals surface area contributed by atoms with Gasteiger partial charge in [-0.15, -0.1) is 5.92 Å². The van der Waals surface area contributed by atoms with E-state index in [0.717, 1.165) is 13.1 Å². The summed E-state index contributed by atoms with van der Waals surface area (Å²) in [5.41, 5.74) is 0. The summed E-state index contributed by atoms with van der Waals surface area (Å²) in [6.45, 7) is 7.76. The molecule has 3 nitrogen and oxygen atoms in total. The molecule has 3 heteroatoms. The van der Waals surface area contributed by atoms with E-state index >= 15 is 0 Å². The molecule has 1 aliphatic heterocycles. The summed E-state index contributed by atoms with van der Waals surface area (Å²) in [6, 6.07) is 0.535. The standard InChI is InChI=1S/C10H18N2O/c1-4-5-9(3)13-10-7-11-8(2)6-12-10/h8-12H,6-7H2,1-3H3/t8-,9-,10?/m1/s1. The number of hydrogen-bond acceptors (Lipinski definition) is 3. The molecule has 2 N–H and O–H groups in total. The Morgan fingerprint density at radius 3 is 2.69 bits per heavy atom. The van der Waals surface area contributed by atoms with Crippen molar-refractivity contribution in [3.8, 4) is 11.8 Å². The molecule has 0 radical (unpaired) electrons. The van der Waals surface area contributed by atoms with Crippen molar-refractivity contribution in [1.29, 1.82) is 0 Å². The summed E-state index contributed by atoms with van der Waals surface area (Å²) in [4.78, 5) is 0. The maximum absolute atomic E-state index is 5.63. The van der Waals surface area contributed by atoms with E-state index in [1.54, 1.807) is 0 Å². The first kappa shape index (κ1) is 10.5. The molecule has 0 aromatic heterocycles. The molecule has 0 amide bonds. The van der Waals surface area contributed by atoms with Crippen molar-refractivity contribution in [2.24, 2.45) is 0 Å². The lowest BCUT2D eigenvalue weighted by Crippen LogP contribution is -2.54. The van der Waals surface area contributed by atoms with Gasteiger partial charge in [0.2, 0.25) is 0 Å². The van der Waals surface area contributed by atoms with Gasteiger partial charge < -0.3 is 10.1 Å². The Balaban J connectivity index is 2.24. The molecule has 13 heavy (non-hydrogen) atoms. The van der Waals surface area contributed by atoms with E-state index in [4.69, 9.17) is 4.74 Å². The molecule has 0 aliphatic carbocycles. The number of nitrogens with one attached hydrogen (secondary N) is 2. The van der Waals surface area contributed by atoms with Gasteiger partial charge >= 0.3 is 0 Å². The van der Waals surface area contributed by atoms with Crippen LogP contribution in [0.15, 0.2) is 0 Å². The van der Waals surface area contributed by atoms with E-state index in [-0.39, 0.29) is 12.3 Å². The van der Waals surface area contributed by atoms with Crippen molar-refractivity contribution < 1.29 is 4.74 Å². The molecule has 74 valence electrons. The van der Waals surface area contributed by atoms with Crippen molar-refractivity contribution in [3.63, 3.8) is 0 Å². The molecule has 1 aliphatic rings. The van der Waals surface area contributed by atoms with Crippen LogP contribution in [0.5, 0.6) is 0 Å². The van der Waals surface area contributed by atoms with Crippen molar-refractivity contribution >= 4 is 0 Å². The van der Waals surface area contributed by atoms with Crippen molar-refractivity contribution in [3.05, 3.63) is 0 Å². The van der Waals surface area contributed by atoms with Gasteiger partial charge in [0.15, 0.2) is 0 Å². The van der Waals surface area contributed by atoms with Gasteiger partial charge in [0.25, 0.3) is 0 Å². The van der Waals surface area contributed by atoms with Crippen LogP contribution in [0.1, 0.15) is 20.8 Å². The van der Waals surface area contributed by atoms with Crippen molar-refractivity contribution in [1.82, 2.24) is 10.6 Å². The third-order valence-corrected chi connectivity index (χ3v) is 2.02. The monoisotopic (exact) mass is 182 g/mol. The molecule has 1 saturated heterocycles. The molecular formula is C10H18N2O. The SMILES string of the molecule is CC#C[C@@H](C)OC1CN[C@H](C)CN1. The number of ether oxygens (including phenoxy) is 1. The fraction of sp³-hybridized carbons (Fsp3) is 0.800. The zero-order chi connectivity index (χ0) is 9.68. The second-order valence-corrected chi connectivity index (χ2v) is 3.38. The van der Waals surface area contributed by atoms with Gasteiger partial charge in [-0.25, -0.2) is 0 Å². The van der Waals surface area contributed by atoms with Crippen LogP contribution in [0, 0.1) is 11.8 Å². The zero-order valence-corrected chi connectivity index (χ0v) is 8.55. The smallest absolute Gasteiger partial charge is 0.122 e. The lowest BCUT2D eigenvalue weighted by molar-refractivity contribution is -0.00638. The fourth-order valence-corrected chi connectivity index (χ4v) is 1.34. The Kier molecular flexibility index (Phi) is 4.23. The predicted octanol–water partition coefficient (Wildman–Crippen LogP) is 0.322. The summed E-state index contributed by atoms with van der Waals surface area (Å²) in [5, 5.41) is 6.65. The highest BCUT2D eigenvalue weighted by Gasteiger charge is 2.17. The van der Waals surface area contributed by atoms with Crippen molar-refractivity contribution in [2.45, 2.75) is 39.1 Å². The molecule has 0 aromatic rings. The van der Waals surface area contributed by atoms with Crippen molar-refractivity contribution in [2.75, 3.05) is 13.1 Å². The maximum Gasteiger partial charge on any atom is 0.122 e. The van der Waals surface area contributed by atoms with E-state index in [0.29, 0.717) is 6.04 Å². The summed E-state index contributed by atoms with van der Waals surface area (Å²) in [7, 11) is 0. The Bertz CT molecular complexity index is 199. The molecule has 3 atom stereocenters. The number of hydrogen-bond donors (Lipinski definition) is 2. The number of piperazine rings is 1. The molecule has 0 spiro atoms. The number of rotatable bonds is 2. The second-order valence-electron chi connectivity index (χ2n) is 3.38. The van der Waals surface area contributed by atoms with Gasteiger partial charge in [-0.1, -0.05) is 5.92 Å². The third kappa shape index (κ3) is 3.77. The van der Waals surface area contributed by atoms with Crippen LogP contribution in [0.25, 0.3) is 0 Å². The zero-order valence-electron chi connectivity index (χ0n) is 8.55. The third-order valence-electron chi connectivity index (χ3n) is 2.02.